The first-order valence-corrected chi connectivity index (χ1v) is 7.12. The van der Waals surface area contributed by atoms with Gasteiger partial charge < -0.3 is 5.32 Å². The molecule has 0 amide bonds. The third-order valence-corrected chi connectivity index (χ3v) is 3.82. The van der Waals surface area contributed by atoms with Crippen molar-refractivity contribution in [3.63, 3.8) is 0 Å². The van der Waals surface area contributed by atoms with E-state index in [-0.39, 0.29) is 0 Å². The van der Waals surface area contributed by atoms with Gasteiger partial charge in [0.1, 0.15) is 0 Å². The van der Waals surface area contributed by atoms with Gasteiger partial charge in [-0.2, -0.15) is 0 Å². The maximum Gasteiger partial charge on any atom is 0.0291 e. The van der Waals surface area contributed by atoms with E-state index in [1.54, 1.807) is 0 Å². The van der Waals surface area contributed by atoms with Crippen LogP contribution in [0.15, 0.2) is 24.3 Å². The van der Waals surface area contributed by atoms with E-state index in [2.05, 4.69) is 43.4 Å². The molecule has 1 unspecified atom stereocenters. The Morgan fingerprint density at radius 2 is 1.94 bits per heavy atom. The molecule has 1 heteroatoms. The fraction of sp³-hybridized carbons (Fsp3) is 0.625. The van der Waals surface area contributed by atoms with E-state index in [0.717, 1.165) is 18.9 Å². The average Bonchev–Trinajstić information content (AvgIpc) is 3.18. The molecule has 0 aliphatic heterocycles. The molecule has 1 nitrogen and oxygen atoms in total. The molecule has 94 valence electrons. The lowest BCUT2D eigenvalue weighted by Gasteiger charge is -2.14. The van der Waals surface area contributed by atoms with Crippen molar-refractivity contribution in [2.24, 2.45) is 5.92 Å². The van der Waals surface area contributed by atoms with E-state index in [4.69, 9.17) is 0 Å². The zero-order valence-corrected chi connectivity index (χ0v) is 11.2. The monoisotopic (exact) mass is 231 g/mol. The molecule has 0 radical (unpaired) electrons. The molecule has 1 aliphatic carbocycles. The van der Waals surface area contributed by atoms with Gasteiger partial charge in [-0.25, -0.2) is 0 Å². The van der Waals surface area contributed by atoms with Crippen LogP contribution in [0.3, 0.4) is 0 Å². The standard InChI is InChI=1S/C16H25N/c1-3-14-8-10-16(11-9-14)13(2)17-12-4-5-15-6-7-15/h8-11,13,15,17H,3-7,12H2,1-2H3. The third-order valence-electron chi connectivity index (χ3n) is 3.82. The topological polar surface area (TPSA) is 12.0 Å². The first-order valence-electron chi connectivity index (χ1n) is 7.12. The van der Waals surface area contributed by atoms with Crippen molar-refractivity contribution in [2.75, 3.05) is 6.54 Å². The van der Waals surface area contributed by atoms with E-state index in [1.165, 1.54) is 36.8 Å². The van der Waals surface area contributed by atoms with E-state index >= 15 is 0 Å². The molecule has 0 spiro atoms. The van der Waals surface area contributed by atoms with Crippen LogP contribution in [0.2, 0.25) is 0 Å². The summed E-state index contributed by atoms with van der Waals surface area (Å²) in [5.74, 6) is 1.07. The molecule has 1 aliphatic rings. The fourth-order valence-electron chi connectivity index (χ4n) is 2.28. The van der Waals surface area contributed by atoms with Crippen LogP contribution >= 0.6 is 0 Å². The van der Waals surface area contributed by atoms with Gasteiger partial charge in [-0.15, -0.1) is 0 Å². The minimum absolute atomic E-state index is 0.486. The Balaban J connectivity index is 1.71. The van der Waals surface area contributed by atoms with Crippen molar-refractivity contribution in [2.45, 2.75) is 52.0 Å². The molecule has 1 N–H and O–H groups in total. The lowest BCUT2D eigenvalue weighted by Crippen LogP contribution is -2.19. The van der Waals surface area contributed by atoms with E-state index in [0.29, 0.717) is 6.04 Å². The third kappa shape index (κ3) is 4.16. The van der Waals surface area contributed by atoms with Gasteiger partial charge in [-0.05, 0) is 49.8 Å². The van der Waals surface area contributed by atoms with Crippen molar-refractivity contribution in [1.82, 2.24) is 5.32 Å². The van der Waals surface area contributed by atoms with Crippen molar-refractivity contribution in [3.05, 3.63) is 35.4 Å². The molecule has 1 aromatic carbocycles. The average molecular weight is 231 g/mol. The highest BCUT2D eigenvalue weighted by Gasteiger charge is 2.20. The Hall–Kier alpha value is -0.820. The van der Waals surface area contributed by atoms with Crippen LogP contribution in [-0.2, 0) is 6.42 Å². The second kappa shape index (κ2) is 6.20. The summed E-state index contributed by atoms with van der Waals surface area (Å²) in [6, 6.07) is 9.50. The summed E-state index contributed by atoms with van der Waals surface area (Å²) in [4.78, 5) is 0. The molecule has 0 aromatic heterocycles. The Morgan fingerprint density at radius 3 is 2.53 bits per heavy atom. The molecule has 1 fully saturated rings. The highest BCUT2D eigenvalue weighted by atomic mass is 14.9. The maximum absolute atomic E-state index is 3.62. The number of benzene rings is 1. The van der Waals surface area contributed by atoms with Gasteiger partial charge in [-0.1, -0.05) is 44.0 Å². The number of rotatable bonds is 7. The number of nitrogens with one attached hydrogen (secondary N) is 1. The van der Waals surface area contributed by atoms with E-state index in [1.807, 2.05) is 0 Å². The number of aryl methyl sites for hydroxylation is 1. The molecular formula is C16H25N. The second-order valence-electron chi connectivity index (χ2n) is 5.36. The summed E-state index contributed by atoms with van der Waals surface area (Å²) in [7, 11) is 0. The van der Waals surface area contributed by atoms with Crippen LogP contribution < -0.4 is 5.32 Å². The van der Waals surface area contributed by atoms with Gasteiger partial charge in [0.15, 0.2) is 0 Å². The van der Waals surface area contributed by atoms with Crippen LogP contribution in [-0.4, -0.2) is 6.54 Å². The van der Waals surface area contributed by atoms with Gasteiger partial charge in [-0.3, -0.25) is 0 Å². The predicted molar refractivity (Wildman–Crippen MR) is 74.2 cm³/mol. The minimum Gasteiger partial charge on any atom is -0.310 e. The Bertz CT molecular complexity index is 324. The van der Waals surface area contributed by atoms with Crippen molar-refractivity contribution >= 4 is 0 Å². The van der Waals surface area contributed by atoms with Crippen LogP contribution in [0.1, 0.15) is 56.7 Å². The zero-order valence-electron chi connectivity index (χ0n) is 11.2. The van der Waals surface area contributed by atoms with Gasteiger partial charge in [0.05, 0.1) is 0 Å². The van der Waals surface area contributed by atoms with Crippen LogP contribution in [0.5, 0.6) is 0 Å². The van der Waals surface area contributed by atoms with Crippen molar-refractivity contribution < 1.29 is 0 Å². The zero-order chi connectivity index (χ0) is 12.1. The first kappa shape index (κ1) is 12.6. The number of hydrogen-bond donors (Lipinski definition) is 1. The molecule has 17 heavy (non-hydrogen) atoms. The van der Waals surface area contributed by atoms with Crippen LogP contribution in [0.4, 0.5) is 0 Å². The normalized spacial score (nSPS) is 17.1. The van der Waals surface area contributed by atoms with E-state index < -0.39 is 0 Å². The van der Waals surface area contributed by atoms with Gasteiger partial charge >= 0.3 is 0 Å². The van der Waals surface area contributed by atoms with Crippen molar-refractivity contribution in [3.8, 4) is 0 Å². The van der Waals surface area contributed by atoms with Crippen LogP contribution in [0.25, 0.3) is 0 Å². The Morgan fingerprint density at radius 1 is 1.24 bits per heavy atom. The minimum atomic E-state index is 0.486. The smallest absolute Gasteiger partial charge is 0.0291 e. The molecule has 0 saturated heterocycles. The van der Waals surface area contributed by atoms with E-state index in [9.17, 15) is 0 Å². The van der Waals surface area contributed by atoms with Gasteiger partial charge in [0.25, 0.3) is 0 Å². The summed E-state index contributed by atoms with van der Waals surface area (Å²) < 4.78 is 0. The first-order chi connectivity index (χ1) is 8.29. The van der Waals surface area contributed by atoms with Crippen LogP contribution in [0, 0.1) is 5.92 Å². The second-order valence-corrected chi connectivity index (χ2v) is 5.36. The Kier molecular flexibility index (Phi) is 4.61. The van der Waals surface area contributed by atoms with Gasteiger partial charge in [0, 0.05) is 6.04 Å². The van der Waals surface area contributed by atoms with Crippen molar-refractivity contribution in [1.29, 1.82) is 0 Å². The lowest BCUT2D eigenvalue weighted by atomic mass is 10.0. The summed E-state index contributed by atoms with van der Waals surface area (Å²) in [5.41, 5.74) is 2.84. The maximum atomic E-state index is 3.62. The molecule has 1 aromatic rings. The fourth-order valence-corrected chi connectivity index (χ4v) is 2.28. The van der Waals surface area contributed by atoms with Gasteiger partial charge in [0.2, 0.25) is 0 Å². The summed E-state index contributed by atoms with van der Waals surface area (Å²) in [6.45, 7) is 5.62. The largest absolute Gasteiger partial charge is 0.310 e. The molecule has 1 atom stereocenters. The molecule has 2 rings (SSSR count). The summed E-state index contributed by atoms with van der Waals surface area (Å²) in [5, 5.41) is 3.62. The highest BCUT2D eigenvalue weighted by Crippen LogP contribution is 2.33. The summed E-state index contributed by atoms with van der Waals surface area (Å²) in [6.07, 6.45) is 6.85. The quantitative estimate of drug-likeness (QED) is 0.697. The Labute approximate surface area is 106 Å². The predicted octanol–water partition coefficient (Wildman–Crippen LogP) is 4.09. The highest BCUT2D eigenvalue weighted by molar-refractivity contribution is 5.24. The molecular weight excluding hydrogens is 206 g/mol. The number of hydrogen-bond acceptors (Lipinski definition) is 1. The molecule has 1 saturated carbocycles. The summed E-state index contributed by atoms with van der Waals surface area (Å²) >= 11 is 0. The molecule has 0 heterocycles. The lowest BCUT2D eigenvalue weighted by molar-refractivity contribution is 0.533. The SMILES string of the molecule is CCc1ccc(C(C)NCCCC2CC2)cc1. The molecule has 0 bridgehead atoms.